The van der Waals surface area contributed by atoms with Crippen molar-refractivity contribution in [1.82, 2.24) is 15.4 Å². The number of benzene rings is 2. The lowest BCUT2D eigenvalue weighted by Gasteiger charge is -2.26. The second kappa shape index (κ2) is 8.85. The van der Waals surface area contributed by atoms with Crippen LogP contribution in [0.2, 0.25) is 0 Å². The van der Waals surface area contributed by atoms with Gasteiger partial charge in [0.15, 0.2) is 5.76 Å². The number of aromatic nitrogens is 1. The number of hydrogen-bond acceptors (Lipinski definition) is 4. The lowest BCUT2D eigenvalue weighted by Crippen LogP contribution is -2.29. The summed E-state index contributed by atoms with van der Waals surface area (Å²) in [5.41, 5.74) is 3.67. The van der Waals surface area contributed by atoms with E-state index in [-0.39, 0.29) is 5.91 Å². The first-order valence-electron chi connectivity index (χ1n) is 9.88. The zero-order valence-corrected chi connectivity index (χ0v) is 15.9. The summed E-state index contributed by atoms with van der Waals surface area (Å²) in [7, 11) is 0. The molecule has 0 unspecified atom stereocenters. The molecule has 1 aliphatic rings. The van der Waals surface area contributed by atoms with Crippen LogP contribution in [0, 0.1) is 0 Å². The average Bonchev–Trinajstić information content (AvgIpc) is 3.23. The highest BCUT2D eigenvalue weighted by Gasteiger charge is 2.12. The molecule has 2 heterocycles. The second-order valence-corrected chi connectivity index (χ2v) is 7.26. The molecule has 1 saturated heterocycles. The Labute approximate surface area is 165 Å². The number of carbonyl (C=O) groups is 1. The Bertz CT molecular complexity index is 897. The van der Waals surface area contributed by atoms with E-state index in [1.807, 2.05) is 60.7 Å². The maximum absolute atomic E-state index is 12.4. The van der Waals surface area contributed by atoms with Crippen molar-refractivity contribution in [3.8, 4) is 11.3 Å². The van der Waals surface area contributed by atoms with Crippen LogP contribution in [-0.4, -0.2) is 29.1 Å². The molecule has 1 aliphatic heterocycles. The standard InChI is InChI=1S/C23H25N3O2/c27-23(20-11-9-18(10-12-20)17-26-13-5-2-6-14-26)24-16-21-15-22(25-28-21)19-7-3-1-4-8-19/h1,3-4,7-12,15H,2,5-6,13-14,16-17H2,(H,24,27). The average molecular weight is 375 g/mol. The fourth-order valence-corrected chi connectivity index (χ4v) is 3.55. The molecule has 144 valence electrons. The first kappa shape index (κ1) is 18.4. The van der Waals surface area contributed by atoms with Gasteiger partial charge in [0.1, 0.15) is 5.69 Å². The van der Waals surface area contributed by atoms with E-state index in [0.717, 1.165) is 17.8 Å². The zero-order valence-electron chi connectivity index (χ0n) is 15.9. The SMILES string of the molecule is O=C(NCc1cc(-c2ccccc2)no1)c1ccc(CN2CCCCC2)cc1. The summed E-state index contributed by atoms with van der Waals surface area (Å²) in [6.07, 6.45) is 3.91. The molecule has 1 N–H and O–H groups in total. The van der Waals surface area contributed by atoms with Gasteiger partial charge in [-0.3, -0.25) is 9.69 Å². The largest absolute Gasteiger partial charge is 0.359 e. The lowest BCUT2D eigenvalue weighted by molar-refractivity contribution is 0.0947. The highest BCUT2D eigenvalue weighted by Crippen LogP contribution is 2.18. The van der Waals surface area contributed by atoms with Crippen LogP contribution >= 0.6 is 0 Å². The maximum Gasteiger partial charge on any atom is 0.251 e. The minimum absolute atomic E-state index is 0.109. The molecule has 0 aliphatic carbocycles. The molecule has 1 fully saturated rings. The van der Waals surface area contributed by atoms with Crippen LogP contribution in [-0.2, 0) is 13.1 Å². The number of amides is 1. The van der Waals surface area contributed by atoms with Crippen LogP contribution in [0.5, 0.6) is 0 Å². The maximum atomic E-state index is 12.4. The van der Waals surface area contributed by atoms with Gasteiger partial charge in [-0.2, -0.15) is 0 Å². The fraction of sp³-hybridized carbons (Fsp3) is 0.304. The molecule has 0 atom stereocenters. The Hall–Kier alpha value is -2.92. The Morgan fingerprint density at radius 2 is 1.75 bits per heavy atom. The Morgan fingerprint density at radius 3 is 2.50 bits per heavy atom. The first-order chi connectivity index (χ1) is 13.8. The lowest BCUT2D eigenvalue weighted by atomic mass is 10.1. The molecule has 28 heavy (non-hydrogen) atoms. The predicted molar refractivity (Wildman–Crippen MR) is 109 cm³/mol. The molecular weight excluding hydrogens is 350 g/mol. The van der Waals surface area contributed by atoms with E-state index in [4.69, 9.17) is 4.52 Å². The number of piperidine rings is 1. The number of nitrogens with zero attached hydrogens (tertiary/aromatic N) is 2. The van der Waals surface area contributed by atoms with Gasteiger partial charge in [-0.1, -0.05) is 54.0 Å². The summed E-state index contributed by atoms with van der Waals surface area (Å²) in [4.78, 5) is 14.9. The molecule has 1 amide bonds. The highest BCUT2D eigenvalue weighted by molar-refractivity contribution is 5.94. The molecule has 1 aromatic heterocycles. The van der Waals surface area contributed by atoms with E-state index >= 15 is 0 Å². The van der Waals surface area contributed by atoms with Crippen molar-refractivity contribution in [2.75, 3.05) is 13.1 Å². The summed E-state index contributed by atoms with van der Waals surface area (Å²) in [6, 6.07) is 19.6. The van der Waals surface area contributed by atoms with Gasteiger partial charge in [0, 0.05) is 23.7 Å². The van der Waals surface area contributed by atoms with Crippen LogP contribution in [0.15, 0.2) is 65.2 Å². The van der Waals surface area contributed by atoms with Gasteiger partial charge in [0.2, 0.25) is 0 Å². The van der Waals surface area contributed by atoms with Crippen molar-refractivity contribution < 1.29 is 9.32 Å². The molecule has 5 nitrogen and oxygen atoms in total. The van der Waals surface area contributed by atoms with Crippen molar-refractivity contribution in [3.63, 3.8) is 0 Å². The molecule has 2 aromatic carbocycles. The Kier molecular flexibility index (Phi) is 5.83. The molecule has 0 bridgehead atoms. The van der Waals surface area contributed by atoms with E-state index in [0.29, 0.717) is 17.9 Å². The summed E-state index contributed by atoms with van der Waals surface area (Å²) >= 11 is 0. The summed E-state index contributed by atoms with van der Waals surface area (Å²) in [6.45, 7) is 3.62. The van der Waals surface area contributed by atoms with E-state index in [2.05, 4.69) is 15.4 Å². The van der Waals surface area contributed by atoms with Crippen LogP contribution in [0.4, 0.5) is 0 Å². The van der Waals surface area contributed by atoms with Gasteiger partial charge in [0.05, 0.1) is 6.54 Å². The summed E-state index contributed by atoms with van der Waals surface area (Å²) in [5.74, 6) is 0.524. The second-order valence-electron chi connectivity index (χ2n) is 7.26. The third-order valence-electron chi connectivity index (χ3n) is 5.12. The van der Waals surface area contributed by atoms with Gasteiger partial charge in [0.25, 0.3) is 5.91 Å². The van der Waals surface area contributed by atoms with Crippen LogP contribution in [0.1, 0.15) is 40.9 Å². The number of likely N-dealkylation sites (tertiary alicyclic amines) is 1. The number of nitrogens with one attached hydrogen (secondary N) is 1. The molecule has 0 saturated carbocycles. The predicted octanol–water partition coefficient (Wildman–Crippen LogP) is 4.26. The van der Waals surface area contributed by atoms with Crippen molar-refractivity contribution in [1.29, 1.82) is 0 Å². The van der Waals surface area contributed by atoms with Gasteiger partial charge in [-0.15, -0.1) is 0 Å². The summed E-state index contributed by atoms with van der Waals surface area (Å²) < 4.78 is 5.34. The number of hydrogen-bond donors (Lipinski definition) is 1. The number of rotatable bonds is 6. The normalized spacial score (nSPS) is 14.7. The molecule has 3 aromatic rings. The van der Waals surface area contributed by atoms with Crippen molar-refractivity contribution in [2.24, 2.45) is 0 Å². The molecule has 0 spiro atoms. The minimum Gasteiger partial charge on any atom is -0.359 e. The van der Waals surface area contributed by atoms with Crippen molar-refractivity contribution in [3.05, 3.63) is 77.6 Å². The van der Waals surface area contributed by atoms with E-state index in [1.165, 1.54) is 37.9 Å². The van der Waals surface area contributed by atoms with Gasteiger partial charge in [-0.25, -0.2) is 0 Å². The monoisotopic (exact) mass is 375 g/mol. The number of carbonyl (C=O) groups excluding carboxylic acids is 1. The van der Waals surface area contributed by atoms with Gasteiger partial charge < -0.3 is 9.84 Å². The molecule has 5 heteroatoms. The zero-order chi connectivity index (χ0) is 19.2. The molecule has 4 rings (SSSR count). The summed E-state index contributed by atoms with van der Waals surface area (Å²) in [5, 5.41) is 6.97. The fourth-order valence-electron chi connectivity index (χ4n) is 3.55. The Morgan fingerprint density at radius 1 is 1.00 bits per heavy atom. The minimum atomic E-state index is -0.109. The Balaban J connectivity index is 1.31. The van der Waals surface area contributed by atoms with E-state index < -0.39 is 0 Å². The van der Waals surface area contributed by atoms with Crippen LogP contribution in [0.25, 0.3) is 11.3 Å². The molecular formula is C23H25N3O2. The van der Waals surface area contributed by atoms with Crippen LogP contribution < -0.4 is 5.32 Å². The van der Waals surface area contributed by atoms with Crippen LogP contribution in [0.3, 0.4) is 0 Å². The van der Waals surface area contributed by atoms with Crippen molar-refractivity contribution >= 4 is 5.91 Å². The quantitative estimate of drug-likeness (QED) is 0.699. The third-order valence-corrected chi connectivity index (χ3v) is 5.12. The highest BCUT2D eigenvalue weighted by atomic mass is 16.5. The first-order valence-corrected chi connectivity index (χ1v) is 9.88. The van der Waals surface area contributed by atoms with Crippen molar-refractivity contribution in [2.45, 2.75) is 32.4 Å². The smallest absolute Gasteiger partial charge is 0.251 e. The van der Waals surface area contributed by atoms with E-state index in [9.17, 15) is 4.79 Å². The van der Waals surface area contributed by atoms with Gasteiger partial charge in [-0.05, 0) is 43.6 Å². The molecule has 0 radical (unpaired) electrons. The van der Waals surface area contributed by atoms with Gasteiger partial charge >= 0.3 is 0 Å². The third kappa shape index (κ3) is 4.67. The topological polar surface area (TPSA) is 58.4 Å². The van der Waals surface area contributed by atoms with E-state index in [1.54, 1.807) is 0 Å².